The molecule has 22 heavy (non-hydrogen) atoms. The molecule has 0 saturated carbocycles. The maximum absolute atomic E-state index is 2.49. The molecule has 1 aliphatic heterocycles. The van der Waals surface area contributed by atoms with Gasteiger partial charge in [-0.05, 0) is 35.2 Å². The Balaban J connectivity index is 1.64. The van der Waals surface area contributed by atoms with E-state index in [0.29, 0.717) is 0 Å². The zero-order valence-corrected chi connectivity index (χ0v) is 13.9. The SMILES string of the molecule is CC(C)(C)c1ccc(N2CCN(c3ccccc3)CC2)cc1. The van der Waals surface area contributed by atoms with Gasteiger partial charge in [-0.25, -0.2) is 0 Å². The molecule has 1 fully saturated rings. The Labute approximate surface area is 134 Å². The molecule has 0 amide bonds. The fraction of sp³-hybridized carbons (Fsp3) is 0.400. The van der Waals surface area contributed by atoms with E-state index in [1.807, 2.05) is 0 Å². The van der Waals surface area contributed by atoms with E-state index >= 15 is 0 Å². The quantitative estimate of drug-likeness (QED) is 0.814. The zero-order chi connectivity index (χ0) is 15.6. The van der Waals surface area contributed by atoms with Gasteiger partial charge >= 0.3 is 0 Å². The fourth-order valence-electron chi connectivity index (χ4n) is 3.03. The second kappa shape index (κ2) is 6.04. The molecule has 1 saturated heterocycles. The molecular weight excluding hydrogens is 268 g/mol. The Bertz CT molecular complexity index is 588. The van der Waals surface area contributed by atoms with Crippen LogP contribution in [-0.2, 0) is 5.41 Å². The summed E-state index contributed by atoms with van der Waals surface area (Å²) in [6.07, 6.45) is 0. The molecule has 0 atom stereocenters. The summed E-state index contributed by atoms with van der Waals surface area (Å²) in [7, 11) is 0. The lowest BCUT2D eigenvalue weighted by molar-refractivity contribution is 0.590. The molecule has 0 radical (unpaired) electrons. The average molecular weight is 294 g/mol. The van der Waals surface area contributed by atoms with Gasteiger partial charge in [0, 0.05) is 37.6 Å². The maximum Gasteiger partial charge on any atom is 0.0367 e. The summed E-state index contributed by atoms with van der Waals surface area (Å²) in [6, 6.07) is 19.8. The van der Waals surface area contributed by atoms with Crippen LogP contribution < -0.4 is 9.80 Å². The molecule has 1 aliphatic rings. The lowest BCUT2D eigenvalue weighted by Gasteiger charge is -2.37. The first-order valence-corrected chi connectivity index (χ1v) is 8.19. The smallest absolute Gasteiger partial charge is 0.0367 e. The fourth-order valence-corrected chi connectivity index (χ4v) is 3.03. The van der Waals surface area contributed by atoms with Crippen LogP contribution in [0.3, 0.4) is 0 Å². The molecule has 0 aromatic heterocycles. The Morgan fingerprint density at radius 2 is 1.09 bits per heavy atom. The Morgan fingerprint density at radius 1 is 0.636 bits per heavy atom. The summed E-state index contributed by atoms with van der Waals surface area (Å²) in [4.78, 5) is 4.96. The van der Waals surface area contributed by atoms with Crippen LogP contribution in [0.25, 0.3) is 0 Å². The third-order valence-corrected chi connectivity index (χ3v) is 4.50. The standard InChI is InChI=1S/C20H26N2/c1-20(2,3)17-9-11-19(12-10-17)22-15-13-21(14-16-22)18-7-5-4-6-8-18/h4-12H,13-16H2,1-3H3. The predicted molar refractivity (Wildman–Crippen MR) is 96.0 cm³/mol. The Hall–Kier alpha value is -1.96. The summed E-state index contributed by atoms with van der Waals surface area (Å²) < 4.78 is 0. The monoisotopic (exact) mass is 294 g/mol. The number of hydrogen-bond donors (Lipinski definition) is 0. The first kappa shape index (κ1) is 15.0. The molecule has 0 bridgehead atoms. The molecule has 2 aromatic carbocycles. The van der Waals surface area contributed by atoms with Gasteiger partial charge in [0.1, 0.15) is 0 Å². The highest BCUT2D eigenvalue weighted by Gasteiger charge is 2.18. The van der Waals surface area contributed by atoms with E-state index in [9.17, 15) is 0 Å². The first-order chi connectivity index (χ1) is 10.5. The minimum atomic E-state index is 0.227. The second-order valence-electron chi connectivity index (χ2n) is 7.11. The lowest BCUT2D eigenvalue weighted by Crippen LogP contribution is -2.46. The zero-order valence-electron chi connectivity index (χ0n) is 13.9. The van der Waals surface area contributed by atoms with Crippen LogP contribution in [0.5, 0.6) is 0 Å². The van der Waals surface area contributed by atoms with Gasteiger partial charge in [0.2, 0.25) is 0 Å². The van der Waals surface area contributed by atoms with Crippen molar-refractivity contribution in [2.45, 2.75) is 26.2 Å². The van der Waals surface area contributed by atoms with Gasteiger partial charge in [-0.3, -0.25) is 0 Å². The largest absolute Gasteiger partial charge is 0.368 e. The highest BCUT2D eigenvalue weighted by atomic mass is 15.3. The number of nitrogens with zero attached hydrogens (tertiary/aromatic N) is 2. The molecule has 2 nitrogen and oxygen atoms in total. The number of benzene rings is 2. The van der Waals surface area contributed by atoms with Crippen LogP contribution in [0.15, 0.2) is 54.6 Å². The third-order valence-electron chi connectivity index (χ3n) is 4.50. The molecule has 0 unspecified atom stereocenters. The van der Waals surface area contributed by atoms with Gasteiger partial charge in [-0.2, -0.15) is 0 Å². The summed E-state index contributed by atoms with van der Waals surface area (Å²) in [5.74, 6) is 0. The number of rotatable bonds is 2. The third kappa shape index (κ3) is 3.27. The molecular formula is C20H26N2. The molecule has 0 aliphatic carbocycles. The van der Waals surface area contributed by atoms with Gasteiger partial charge < -0.3 is 9.80 Å². The summed E-state index contributed by atoms with van der Waals surface area (Å²) >= 11 is 0. The molecule has 3 rings (SSSR count). The van der Waals surface area contributed by atoms with E-state index in [2.05, 4.69) is 85.2 Å². The number of anilines is 2. The summed E-state index contributed by atoms with van der Waals surface area (Å²) in [5, 5.41) is 0. The summed E-state index contributed by atoms with van der Waals surface area (Å²) in [6.45, 7) is 11.1. The van der Waals surface area contributed by atoms with E-state index in [0.717, 1.165) is 26.2 Å². The minimum Gasteiger partial charge on any atom is -0.368 e. The molecule has 1 heterocycles. The topological polar surface area (TPSA) is 6.48 Å². The normalized spacial score (nSPS) is 16.0. The Kier molecular flexibility index (Phi) is 4.10. The van der Waals surface area contributed by atoms with Crippen LogP contribution in [-0.4, -0.2) is 26.2 Å². The average Bonchev–Trinajstić information content (AvgIpc) is 2.55. The van der Waals surface area contributed by atoms with E-state index in [1.165, 1.54) is 16.9 Å². The van der Waals surface area contributed by atoms with Crippen LogP contribution in [0.2, 0.25) is 0 Å². The molecule has 2 aromatic rings. The van der Waals surface area contributed by atoms with Crippen LogP contribution >= 0.6 is 0 Å². The van der Waals surface area contributed by atoms with Gasteiger partial charge in [-0.1, -0.05) is 51.1 Å². The van der Waals surface area contributed by atoms with Gasteiger partial charge in [-0.15, -0.1) is 0 Å². The summed E-state index contributed by atoms with van der Waals surface area (Å²) in [5.41, 5.74) is 4.31. The Morgan fingerprint density at radius 3 is 1.55 bits per heavy atom. The molecule has 0 N–H and O–H groups in total. The van der Waals surface area contributed by atoms with Crippen molar-refractivity contribution >= 4 is 11.4 Å². The van der Waals surface area contributed by atoms with Crippen molar-refractivity contribution in [2.75, 3.05) is 36.0 Å². The van der Waals surface area contributed by atoms with Crippen molar-refractivity contribution in [3.8, 4) is 0 Å². The van der Waals surface area contributed by atoms with Crippen LogP contribution in [0.4, 0.5) is 11.4 Å². The lowest BCUT2D eigenvalue weighted by atomic mass is 9.87. The second-order valence-corrected chi connectivity index (χ2v) is 7.11. The highest BCUT2D eigenvalue weighted by molar-refractivity contribution is 5.52. The van der Waals surface area contributed by atoms with Crippen molar-refractivity contribution in [1.82, 2.24) is 0 Å². The maximum atomic E-state index is 2.49. The molecule has 0 spiro atoms. The highest BCUT2D eigenvalue weighted by Crippen LogP contribution is 2.26. The van der Waals surface area contributed by atoms with Crippen molar-refractivity contribution in [3.63, 3.8) is 0 Å². The first-order valence-electron chi connectivity index (χ1n) is 8.19. The van der Waals surface area contributed by atoms with E-state index in [1.54, 1.807) is 0 Å². The van der Waals surface area contributed by atoms with Crippen molar-refractivity contribution < 1.29 is 0 Å². The molecule has 116 valence electrons. The number of piperazine rings is 1. The van der Waals surface area contributed by atoms with Crippen molar-refractivity contribution in [2.24, 2.45) is 0 Å². The molecule has 2 heteroatoms. The number of hydrogen-bond acceptors (Lipinski definition) is 2. The van der Waals surface area contributed by atoms with Gasteiger partial charge in [0.05, 0.1) is 0 Å². The minimum absolute atomic E-state index is 0.227. The van der Waals surface area contributed by atoms with Crippen molar-refractivity contribution in [3.05, 3.63) is 60.2 Å². The van der Waals surface area contributed by atoms with Gasteiger partial charge in [0.15, 0.2) is 0 Å². The van der Waals surface area contributed by atoms with Crippen LogP contribution in [0, 0.1) is 0 Å². The van der Waals surface area contributed by atoms with Crippen molar-refractivity contribution in [1.29, 1.82) is 0 Å². The predicted octanol–water partition coefficient (Wildman–Crippen LogP) is 4.31. The van der Waals surface area contributed by atoms with E-state index in [-0.39, 0.29) is 5.41 Å². The van der Waals surface area contributed by atoms with Crippen LogP contribution in [0.1, 0.15) is 26.3 Å². The van der Waals surface area contributed by atoms with E-state index in [4.69, 9.17) is 0 Å². The van der Waals surface area contributed by atoms with E-state index < -0.39 is 0 Å². The van der Waals surface area contributed by atoms with Gasteiger partial charge in [0.25, 0.3) is 0 Å². The number of para-hydroxylation sites is 1.